The van der Waals surface area contributed by atoms with Gasteiger partial charge < -0.3 is 10.3 Å². The topological polar surface area (TPSA) is 77.8 Å². The number of aryl methyl sites for hydroxylation is 2. The fourth-order valence-electron chi connectivity index (χ4n) is 1.32. The van der Waals surface area contributed by atoms with Crippen LogP contribution in [0.2, 0.25) is 0 Å². The van der Waals surface area contributed by atoms with Crippen molar-refractivity contribution in [2.24, 2.45) is 0 Å². The zero-order chi connectivity index (χ0) is 10.1. The second kappa shape index (κ2) is 3.10. The van der Waals surface area contributed by atoms with E-state index >= 15 is 0 Å². The van der Waals surface area contributed by atoms with Gasteiger partial charge in [0.05, 0.1) is 17.0 Å². The largest absolute Gasteiger partial charge is 0.382 e. The first-order valence-corrected chi connectivity index (χ1v) is 4.21. The Balaban J connectivity index is 2.54. The first-order valence-electron chi connectivity index (χ1n) is 4.21. The molecular weight excluding hydrogens is 180 g/mol. The van der Waals surface area contributed by atoms with Gasteiger partial charge in [0, 0.05) is 0 Å². The van der Waals surface area contributed by atoms with Gasteiger partial charge in [0.2, 0.25) is 0 Å². The fourth-order valence-corrected chi connectivity index (χ4v) is 1.32. The number of hydrogen-bond acceptors (Lipinski definition) is 5. The van der Waals surface area contributed by atoms with Crippen molar-refractivity contribution in [3.8, 4) is 11.3 Å². The summed E-state index contributed by atoms with van der Waals surface area (Å²) in [5.74, 6) is 1.14. The highest BCUT2D eigenvalue weighted by atomic mass is 16.5. The normalized spacial score (nSPS) is 10.4. The van der Waals surface area contributed by atoms with Crippen molar-refractivity contribution in [3.05, 3.63) is 23.6 Å². The third kappa shape index (κ3) is 1.32. The summed E-state index contributed by atoms with van der Waals surface area (Å²) in [5, 5.41) is 11.6. The van der Waals surface area contributed by atoms with Gasteiger partial charge in [-0.3, -0.25) is 0 Å². The second-order valence-corrected chi connectivity index (χ2v) is 3.04. The number of rotatable bonds is 1. The quantitative estimate of drug-likeness (QED) is 0.733. The zero-order valence-electron chi connectivity index (χ0n) is 7.98. The minimum Gasteiger partial charge on any atom is -0.382 e. The third-order valence-electron chi connectivity index (χ3n) is 1.97. The number of hydrogen-bond donors (Lipinski definition) is 1. The highest BCUT2D eigenvalue weighted by molar-refractivity contribution is 5.63. The second-order valence-electron chi connectivity index (χ2n) is 3.04. The molecule has 2 heterocycles. The monoisotopic (exact) mass is 190 g/mol. The van der Waals surface area contributed by atoms with E-state index in [9.17, 15) is 0 Å². The Hall–Kier alpha value is -1.91. The molecule has 2 aromatic rings. The summed E-state index contributed by atoms with van der Waals surface area (Å²) in [4.78, 5) is 0. The molecule has 0 radical (unpaired) electrons. The Kier molecular flexibility index (Phi) is 1.92. The van der Waals surface area contributed by atoms with E-state index in [4.69, 9.17) is 10.3 Å². The van der Waals surface area contributed by atoms with E-state index in [1.54, 1.807) is 12.1 Å². The molecule has 2 N–H and O–H groups in total. The third-order valence-corrected chi connectivity index (χ3v) is 1.97. The van der Waals surface area contributed by atoms with E-state index in [-0.39, 0.29) is 0 Å². The zero-order valence-corrected chi connectivity index (χ0v) is 7.98. The summed E-state index contributed by atoms with van der Waals surface area (Å²) >= 11 is 0. The van der Waals surface area contributed by atoms with Crippen molar-refractivity contribution in [2.75, 3.05) is 5.73 Å². The molecule has 0 saturated carbocycles. The maximum Gasteiger partial charge on any atom is 0.146 e. The molecule has 5 heteroatoms. The van der Waals surface area contributed by atoms with Crippen LogP contribution < -0.4 is 5.73 Å². The van der Waals surface area contributed by atoms with E-state index in [1.807, 2.05) is 13.8 Å². The standard InChI is InChI=1S/C9H10N4O/c1-5-9(6(2)14-13-5)7-3-4-8(10)12-11-7/h3-4H,1-2H3,(H2,10,12). The molecule has 0 aliphatic heterocycles. The number of aromatic nitrogens is 3. The van der Waals surface area contributed by atoms with Crippen LogP contribution in [-0.2, 0) is 0 Å². The van der Waals surface area contributed by atoms with Crippen LogP contribution in [0, 0.1) is 13.8 Å². The Morgan fingerprint density at radius 3 is 2.50 bits per heavy atom. The molecule has 0 atom stereocenters. The van der Waals surface area contributed by atoms with Crippen LogP contribution in [-0.4, -0.2) is 15.4 Å². The molecule has 2 rings (SSSR count). The summed E-state index contributed by atoms with van der Waals surface area (Å²) < 4.78 is 5.03. The molecule has 0 spiro atoms. The van der Waals surface area contributed by atoms with Crippen molar-refractivity contribution in [2.45, 2.75) is 13.8 Å². The van der Waals surface area contributed by atoms with E-state index in [1.165, 1.54) is 0 Å². The lowest BCUT2D eigenvalue weighted by molar-refractivity contribution is 0.393. The Bertz CT molecular complexity index is 427. The van der Waals surface area contributed by atoms with Crippen molar-refractivity contribution in [3.63, 3.8) is 0 Å². The number of nitrogens with zero attached hydrogens (tertiary/aromatic N) is 3. The lowest BCUT2D eigenvalue weighted by Gasteiger charge is -1.97. The summed E-state index contributed by atoms with van der Waals surface area (Å²) in [7, 11) is 0. The van der Waals surface area contributed by atoms with Crippen molar-refractivity contribution < 1.29 is 4.52 Å². The molecule has 0 aliphatic carbocycles. The molecule has 14 heavy (non-hydrogen) atoms. The molecule has 0 aromatic carbocycles. The summed E-state index contributed by atoms with van der Waals surface area (Å²) in [6.07, 6.45) is 0. The van der Waals surface area contributed by atoms with E-state index in [2.05, 4.69) is 15.4 Å². The van der Waals surface area contributed by atoms with Crippen molar-refractivity contribution in [1.29, 1.82) is 0 Å². The van der Waals surface area contributed by atoms with E-state index in [0.29, 0.717) is 5.82 Å². The van der Waals surface area contributed by atoms with Crippen LogP contribution in [0.3, 0.4) is 0 Å². The first kappa shape index (κ1) is 8.68. The molecule has 0 bridgehead atoms. The highest BCUT2D eigenvalue weighted by Gasteiger charge is 2.12. The van der Waals surface area contributed by atoms with Crippen LogP contribution in [0.1, 0.15) is 11.5 Å². The van der Waals surface area contributed by atoms with E-state index < -0.39 is 0 Å². The molecule has 0 amide bonds. The lowest BCUT2D eigenvalue weighted by atomic mass is 10.1. The minimum absolute atomic E-state index is 0.403. The van der Waals surface area contributed by atoms with Crippen LogP contribution >= 0.6 is 0 Å². The predicted molar refractivity (Wildman–Crippen MR) is 51.4 cm³/mol. The molecule has 72 valence electrons. The average Bonchev–Trinajstić information content (AvgIpc) is 2.49. The Morgan fingerprint density at radius 2 is 2.00 bits per heavy atom. The van der Waals surface area contributed by atoms with Gasteiger partial charge in [-0.1, -0.05) is 5.16 Å². The maximum atomic E-state index is 5.44. The highest BCUT2D eigenvalue weighted by Crippen LogP contribution is 2.24. The van der Waals surface area contributed by atoms with Gasteiger partial charge in [-0.05, 0) is 26.0 Å². The van der Waals surface area contributed by atoms with Gasteiger partial charge in [-0.25, -0.2) is 0 Å². The fraction of sp³-hybridized carbons (Fsp3) is 0.222. The molecular formula is C9H10N4O. The number of nitrogen functional groups attached to an aromatic ring is 1. The summed E-state index contributed by atoms with van der Waals surface area (Å²) in [5.41, 5.74) is 7.87. The molecule has 0 unspecified atom stereocenters. The van der Waals surface area contributed by atoms with Gasteiger partial charge in [-0.15, -0.1) is 10.2 Å². The molecule has 0 fully saturated rings. The average molecular weight is 190 g/mol. The van der Waals surface area contributed by atoms with Crippen LogP contribution in [0.25, 0.3) is 11.3 Å². The Labute approximate surface area is 80.9 Å². The Morgan fingerprint density at radius 1 is 1.21 bits per heavy atom. The van der Waals surface area contributed by atoms with Crippen LogP contribution in [0.15, 0.2) is 16.7 Å². The predicted octanol–water partition coefficient (Wildman–Crippen LogP) is 1.33. The van der Waals surface area contributed by atoms with Gasteiger partial charge in [0.1, 0.15) is 11.6 Å². The number of anilines is 1. The first-order chi connectivity index (χ1) is 6.68. The van der Waals surface area contributed by atoms with Gasteiger partial charge in [-0.2, -0.15) is 0 Å². The smallest absolute Gasteiger partial charge is 0.146 e. The van der Waals surface area contributed by atoms with Gasteiger partial charge in [0.25, 0.3) is 0 Å². The lowest BCUT2D eigenvalue weighted by Crippen LogP contribution is -1.94. The number of nitrogens with two attached hydrogens (primary N) is 1. The van der Waals surface area contributed by atoms with Crippen molar-refractivity contribution >= 4 is 5.82 Å². The van der Waals surface area contributed by atoms with Crippen molar-refractivity contribution in [1.82, 2.24) is 15.4 Å². The minimum atomic E-state index is 0.403. The van der Waals surface area contributed by atoms with E-state index in [0.717, 1.165) is 22.7 Å². The van der Waals surface area contributed by atoms with Crippen LogP contribution in [0.5, 0.6) is 0 Å². The molecule has 0 saturated heterocycles. The molecule has 5 nitrogen and oxygen atoms in total. The SMILES string of the molecule is Cc1noc(C)c1-c1ccc(N)nn1. The van der Waals surface area contributed by atoms with Gasteiger partial charge in [0.15, 0.2) is 0 Å². The maximum absolute atomic E-state index is 5.44. The summed E-state index contributed by atoms with van der Waals surface area (Å²) in [6, 6.07) is 3.50. The van der Waals surface area contributed by atoms with Gasteiger partial charge >= 0.3 is 0 Å². The van der Waals surface area contributed by atoms with Crippen LogP contribution in [0.4, 0.5) is 5.82 Å². The molecule has 0 aliphatic rings. The molecule has 2 aromatic heterocycles. The summed E-state index contributed by atoms with van der Waals surface area (Å²) in [6.45, 7) is 3.71.